The Bertz CT molecular complexity index is 977. The monoisotopic (exact) mass is 380 g/mol. The molecule has 1 spiro atoms. The van der Waals surface area contributed by atoms with Crippen molar-refractivity contribution in [3.63, 3.8) is 0 Å². The van der Waals surface area contributed by atoms with E-state index in [1.54, 1.807) is 36.1 Å². The van der Waals surface area contributed by atoms with Crippen LogP contribution in [0.3, 0.4) is 0 Å². The summed E-state index contributed by atoms with van der Waals surface area (Å²) in [6.07, 6.45) is 1.40. The fourth-order valence-electron chi connectivity index (χ4n) is 3.96. The lowest BCUT2D eigenvalue weighted by atomic mass is 9.82. The first kappa shape index (κ1) is 18.2. The second kappa shape index (κ2) is 6.74. The van der Waals surface area contributed by atoms with Crippen LogP contribution in [0.25, 0.3) is 0 Å². The number of hydrogen-bond donors (Lipinski definition) is 0. The number of carbonyl (C=O) groups excluding carboxylic acids is 2. The van der Waals surface area contributed by atoms with Gasteiger partial charge in [-0.25, -0.2) is 0 Å². The van der Waals surface area contributed by atoms with Gasteiger partial charge in [0.15, 0.2) is 5.78 Å². The van der Waals surface area contributed by atoms with Crippen LogP contribution < -0.4 is 4.74 Å². The zero-order valence-corrected chi connectivity index (χ0v) is 15.5. The maximum Gasteiger partial charge on any atom is 0.273 e. The Kier molecular flexibility index (Phi) is 4.37. The molecule has 144 valence electrons. The van der Waals surface area contributed by atoms with Crippen molar-refractivity contribution in [1.29, 1.82) is 0 Å². The van der Waals surface area contributed by atoms with Crippen LogP contribution in [0.5, 0.6) is 5.75 Å². The molecule has 0 aromatic heterocycles. The van der Waals surface area contributed by atoms with Gasteiger partial charge in [-0.3, -0.25) is 19.7 Å². The summed E-state index contributed by atoms with van der Waals surface area (Å²) in [6.45, 7) is 2.53. The predicted octanol–water partition coefficient (Wildman–Crippen LogP) is 3.54. The molecule has 2 aliphatic heterocycles. The third-order valence-electron chi connectivity index (χ3n) is 5.61. The molecule has 7 nitrogen and oxygen atoms in total. The largest absolute Gasteiger partial charge is 0.486 e. The summed E-state index contributed by atoms with van der Waals surface area (Å²) < 4.78 is 6.18. The number of amides is 1. The maximum atomic E-state index is 12.8. The third kappa shape index (κ3) is 3.13. The third-order valence-corrected chi connectivity index (χ3v) is 5.61. The molecular formula is C21H20N2O5. The first-order chi connectivity index (χ1) is 13.4. The average molecular weight is 380 g/mol. The van der Waals surface area contributed by atoms with Crippen LogP contribution >= 0.6 is 0 Å². The number of ketones is 1. The highest BCUT2D eigenvalue weighted by Gasteiger charge is 2.43. The van der Waals surface area contributed by atoms with E-state index >= 15 is 0 Å². The van der Waals surface area contributed by atoms with Gasteiger partial charge in [0.05, 0.1) is 16.9 Å². The molecule has 28 heavy (non-hydrogen) atoms. The lowest BCUT2D eigenvalue weighted by molar-refractivity contribution is -0.385. The molecule has 4 rings (SSSR count). The number of nitro groups is 1. The number of piperidine rings is 1. The van der Waals surface area contributed by atoms with Gasteiger partial charge in [0.1, 0.15) is 11.4 Å². The van der Waals surface area contributed by atoms with Crippen molar-refractivity contribution < 1.29 is 19.2 Å². The zero-order valence-electron chi connectivity index (χ0n) is 15.5. The molecule has 2 aromatic carbocycles. The number of nitrogens with zero attached hydrogens (tertiary/aromatic N) is 2. The molecule has 0 atom stereocenters. The van der Waals surface area contributed by atoms with Gasteiger partial charge in [0.25, 0.3) is 11.6 Å². The van der Waals surface area contributed by atoms with Gasteiger partial charge in [-0.1, -0.05) is 18.2 Å². The molecule has 1 saturated heterocycles. The molecule has 2 aliphatic rings. The smallest absolute Gasteiger partial charge is 0.273 e. The Balaban J connectivity index is 1.49. The van der Waals surface area contributed by atoms with Crippen molar-refractivity contribution in [3.05, 3.63) is 69.3 Å². The van der Waals surface area contributed by atoms with Crippen molar-refractivity contribution in [2.45, 2.75) is 31.8 Å². The lowest BCUT2D eigenvalue weighted by Gasteiger charge is -2.43. The van der Waals surface area contributed by atoms with E-state index in [0.29, 0.717) is 54.8 Å². The van der Waals surface area contributed by atoms with E-state index in [9.17, 15) is 19.7 Å². The Morgan fingerprint density at radius 1 is 1.18 bits per heavy atom. The molecule has 0 N–H and O–H groups in total. The van der Waals surface area contributed by atoms with E-state index in [2.05, 4.69) is 0 Å². The van der Waals surface area contributed by atoms with Crippen LogP contribution in [-0.2, 0) is 0 Å². The number of Topliss-reactive ketones (excluding diaryl/α,β-unsaturated/α-hetero) is 1. The quantitative estimate of drug-likeness (QED) is 0.587. The van der Waals surface area contributed by atoms with Crippen molar-refractivity contribution in [1.82, 2.24) is 4.90 Å². The molecule has 0 saturated carbocycles. The van der Waals surface area contributed by atoms with Crippen LogP contribution in [0.1, 0.15) is 45.5 Å². The van der Waals surface area contributed by atoms with Gasteiger partial charge >= 0.3 is 0 Å². The number of ether oxygens (including phenoxy) is 1. The molecule has 1 fully saturated rings. The van der Waals surface area contributed by atoms with E-state index in [4.69, 9.17) is 4.74 Å². The number of nitro benzene ring substituents is 1. The van der Waals surface area contributed by atoms with Gasteiger partial charge in [-0.05, 0) is 25.1 Å². The summed E-state index contributed by atoms with van der Waals surface area (Å²) in [4.78, 5) is 37.7. The summed E-state index contributed by atoms with van der Waals surface area (Å²) in [7, 11) is 0. The molecule has 0 bridgehead atoms. The standard InChI is InChI=1S/C21H20N2O5/c1-14-6-7-15(12-17(14)23(26)27)20(25)22-10-8-21(9-11-22)13-18(24)16-4-2-3-5-19(16)28-21/h2-7,12H,8-11,13H2,1H3. The number of rotatable bonds is 2. The molecule has 0 aliphatic carbocycles. The van der Waals surface area contributed by atoms with E-state index in [1.165, 1.54) is 6.07 Å². The van der Waals surface area contributed by atoms with Crippen LogP contribution in [0.15, 0.2) is 42.5 Å². The number of para-hydroxylation sites is 1. The van der Waals surface area contributed by atoms with Gasteiger partial charge in [-0.2, -0.15) is 0 Å². The van der Waals surface area contributed by atoms with Crippen molar-refractivity contribution in [2.24, 2.45) is 0 Å². The van der Waals surface area contributed by atoms with E-state index < -0.39 is 10.5 Å². The van der Waals surface area contributed by atoms with E-state index in [1.807, 2.05) is 12.1 Å². The van der Waals surface area contributed by atoms with Crippen LogP contribution in [0, 0.1) is 17.0 Å². The molecule has 2 heterocycles. The predicted molar refractivity (Wildman–Crippen MR) is 102 cm³/mol. The minimum atomic E-state index is -0.582. The van der Waals surface area contributed by atoms with E-state index in [-0.39, 0.29) is 17.4 Å². The van der Waals surface area contributed by atoms with Gasteiger partial charge < -0.3 is 9.64 Å². The summed E-state index contributed by atoms with van der Waals surface area (Å²) in [5, 5.41) is 11.1. The summed E-state index contributed by atoms with van der Waals surface area (Å²) in [6, 6.07) is 11.8. The molecule has 7 heteroatoms. The SMILES string of the molecule is Cc1ccc(C(=O)N2CCC3(CC2)CC(=O)c2ccccc2O3)cc1[N+](=O)[O-]. The number of benzene rings is 2. The van der Waals surface area contributed by atoms with E-state index in [0.717, 1.165) is 0 Å². The summed E-state index contributed by atoms with van der Waals surface area (Å²) >= 11 is 0. The summed E-state index contributed by atoms with van der Waals surface area (Å²) in [5.74, 6) is 0.434. The first-order valence-electron chi connectivity index (χ1n) is 9.24. The zero-order chi connectivity index (χ0) is 19.9. The lowest BCUT2D eigenvalue weighted by Crippen LogP contribution is -2.52. The molecular weight excluding hydrogens is 360 g/mol. The summed E-state index contributed by atoms with van der Waals surface area (Å²) in [5.41, 5.74) is 0.795. The van der Waals surface area contributed by atoms with Crippen molar-refractivity contribution >= 4 is 17.4 Å². The van der Waals surface area contributed by atoms with Gasteiger partial charge in [-0.15, -0.1) is 0 Å². The average Bonchev–Trinajstić information content (AvgIpc) is 2.68. The Morgan fingerprint density at radius 3 is 2.61 bits per heavy atom. The molecule has 0 radical (unpaired) electrons. The Morgan fingerprint density at radius 2 is 1.89 bits per heavy atom. The Hall–Kier alpha value is -3.22. The highest BCUT2D eigenvalue weighted by Crippen LogP contribution is 2.39. The second-order valence-electron chi connectivity index (χ2n) is 7.43. The maximum absolute atomic E-state index is 12.8. The van der Waals surface area contributed by atoms with Crippen molar-refractivity contribution in [3.8, 4) is 5.75 Å². The van der Waals surface area contributed by atoms with Crippen LogP contribution in [0.4, 0.5) is 5.69 Å². The second-order valence-corrected chi connectivity index (χ2v) is 7.43. The number of hydrogen-bond acceptors (Lipinski definition) is 5. The molecule has 2 aromatic rings. The number of aryl methyl sites for hydroxylation is 1. The normalized spacial score (nSPS) is 17.8. The fraction of sp³-hybridized carbons (Fsp3) is 0.333. The highest BCUT2D eigenvalue weighted by atomic mass is 16.6. The first-order valence-corrected chi connectivity index (χ1v) is 9.24. The highest BCUT2D eigenvalue weighted by molar-refractivity contribution is 6.00. The van der Waals surface area contributed by atoms with Crippen LogP contribution in [-0.4, -0.2) is 40.2 Å². The van der Waals surface area contributed by atoms with Crippen LogP contribution in [0.2, 0.25) is 0 Å². The van der Waals surface area contributed by atoms with Gasteiger partial charge in [0.2, 0.25) is 0 Å². The minimum absolute atomic E-state index is 0.0582. The Labute approximate surface area is 162 Å². The van der Waals surface area contributed by atoms with Crippen molar-refractivity contribution in [2.75, 3.05) is 13.1 Å². The molecule has 1 amide bonds. The van der Waals surface area contributed by atoms with Gasteiger partial charge in [0, 0.05) is 43.1 Å². The topological polar surface area (TPSA) is 89.8 Å². The number of likely N-dealkylation sites (tertiary alicyclic amines) is 1. The number of fused-ring (bicyclic) bond motifs is 1. The minimum Gasteiger partial charge on any atom is -0.486 e. The molecule has 0 unspecified atom stereocenters. The fourth-order valence-corrected chi connectivity index (χ4v) is 3.96. The number of carbonyl (C=O) groups is 2.